The lowest BCUT2D eigenvalue weighted by atomic mass is 10.3. The van der Waals surface area contributed by atoms with Crippen LogP contribution >= 0.6 is 11.5 Å². The zero-order chi connectivity index (χ0) is 10.6. The standard InChI is InChI=1S/C9H17N3OS/c1-7(2)12(4-5-13-3)9-6-8(10)11-14-9/h6-7H,4-5H2,1-3H3,(H2,10,11). The van der Waals surface area contributed by atoms with Crippen molar-refractivity contribution >= 4 is 22.4 Å². The minimum Gasteiger partial charge on any atom is -0.383 e. The number of aromatic nitrogens is 1. The first-order valence-corrected chi connectivity index (χ1v) is 5.40. The third kappa shape index (κ3) is 2.85. The fourth-order valence-corrected chi connectivity index (χ4v) is 2.06. The van der Waals surface area contributed by atoms with Gasteiger partial charge in [-0.15, -0.1) is 0 Å². The quantitative estimate of drug-likeness (QED) is 0.810. The summed E-state index contributed by atoms with van der Waals surface area (Å²) in [5.74, 6) is 0.591. The number of nitrogen functional groups attached to an aromatic ring is 1. The van der Waals surface area contributed by atoms with Crippen molar-refractivity contribution in [3.05, 3.63) is 6.07 Å². The summed E-state index contributed by atoms with van der Waals surface area (Å²) in [5, 5.41) is 1.11. The van der Waals surface area contributed by atoms with Gasteiger partial charge in [0.25, 0.3) is 0 Å². The van der Waals surface area contributed by atoms with E-state index in [0.717, 1.165) is 18.2 Å². The molecule has 0 saturated heterocycles. The fraction of sp³-hybridized carbons (Fsp3) is 0.667. The second-order valence-electron chi connectivity index (χ2n) is 3.37. The average Bonchev–Trinajstić information content (AvgIpc) is 2.52. The first kappa shape index (κ1) is 11.3. The van der Waals surface area contributed by atoms with Gasteiger partial charge in [0, 0.05) is 25.8 Å². The maximum atomic E-state index is 5.59. The van der Waals surface area contributed by atoms with E-state index in [2.05, 4.69) is 23.1 Å². The van der Waals surface area contributed by atoms with E-state index >= 15 is 0 Å². The highest BCUT2D eigenvalue weighted by atomic mass is 32.1. The Morgan fingerprint density at radius 2 is 2.36 bits per heavy atom. The Morgan fingerprint density at radius 1 is 1.64 bits per heavy atom. The van der Waals surface area contributed by atoms with Gasteiger partial charge in [0.2, 0.25) is 0 Å². The molecule has 5 heteroatoms. The molecule has 80 valence electrons. The van der Waals surface area contributed by atoms with Crippen molar-refractivity contribution in [2.45, 2.75) is 19.9 Å². The third-order valence-electron chi connectivity index (χ3n) is 1.96. The Balaban J connectivity index is 2.67. The van der Waals surface area contributed by atoms with E-state index in [1.807, 2.05) is 6.07 Å². The summed E-state index contributed by atoms with van der Waals surface area (Å²) in [4.78, 5) is 2.23. The molecule has 0 radical (unpaired) electrons. The van der Waals surface area contributed by atoms with Crippen LogP contribution in [0.15, 0.2) is 6.07 Å². The second-order valence-corrected chi connectivity index (χ2v) is 4.15. The Kier molecular flexibility index (Phi) is 4.16. The van der Waals surface area contributed by atoms with Crippen molar-refractivity contribution in [1.82, 2.24) is 4.37 Å². The van der Waals surface area contributed by atoms with Crippen molar-refractivity contribution in [2.24, 2.45) is 0 Å². The monoisotopic (exact) mass is 215 g/mol. The number of ether oxygens (including phenoxy) is 1. The molecular weight excluding hydrogens is 198 g/mol. The van der Waals surface area contributed by atoms with Crippen molar-refractivity contribution in [3.63, 3.8) is 0 Å². The molecule has 0 unspecified atom stereocenters. The minimum atomic E-state index is 0.435. The lowest BCUT2D eigenvalue weighted by molar-refractivity contribution is 0.204. The number of hydrogen-bond acceptors (Lipinski definition) is 5. The van der Waals surface area contributed by atoms with Gasteiger partial charge in [0.15, 0.2) is 0 Å². The van der Waals surface area contributed by atoms with Crippen LogP contribution in [0, 0.1) is 0 Å². The molecule has 0 aliphatic rings. The van der Waals surface area contributed by atoms with Gasteiger partial charge in [-0.05, 0) is 25.4 Å². The SMILES string of the molecule is COCCN(c1cc(N)ns1)C(C)C. The molecule has 4 nitrogen and oxygen atoms in total. The largest absolute Gasteiger partial charge is 0.383 e. The molecule has 0 aromatic carbocycles. The van der Waals surface area contributed by atoms with Crippen LogP contribution < -0.4 is 10.6 Å². The molecule has 0 bridgehead atoms. The Hall–Kier alpha value is -0.810. The number of nitrogens with zero attached hydrogens (tertiary/aromatic N) is 2. The molecule has 1 heterocycles. The van der Waals surface area contributed by atoms with E-state index in [0.29, 0.717) is 11.9 Å². The predicted octanol–water partition coefficient (Wildman–Crippen LogP) is 1.59. The molecule has 1 rings (SSSR count). The minimum absolute atomic E-state index is 0.435. The van der Waals surface area contributed by atoms with Crippen LogP contribution in [-0.4, -0.2) is 30.7 Å². The van der Waals surface area contributed by atoms with Crippen LogP contribution in [0.5, 0.6) is 0 Å². The molecule has 0 saturated carbocycles. The van der Waals surface area contributed by atoms with Crippen LogP contribution in [0.4, 0.5) is 10.8 Å². The second kappa shape index (κ2) is 5.17. The van der Waals surface area contributed by atoms with Gasteiger partial charge in [-0.3, -0.25) is 0 Å². The highest BCUT2D eigenvalue weighted by Gasteiger charge is 2.12. The molecule has 1 aromatic heterocycles. The summed E-state index contributed by atoms with van der Waals surface area (Å²) >= 11 is 1.43. The van der Waals surface area contributed by atoms with Gasteiger partial charge >= 0.3 is 0 Å². The maximum Gasteiger partial charge on any atom is 0.139 e. The Morgan fingerprint density at radius 3 is 2.79 bits per heavy atom. The molecule has 1 aromatic rings. The van der Waals surface area contributed by atoms with Crippen LogP contribution in [0.3, 0.4) is 0 Å². The van der Waals surface area contributed by atoms with Crippen molar-refractivity contribution in [2.75, 3.05) is 30.9 Å². The number of hydrogen-bond donors (Lipinski definition) is 1. The Bertz CT molecular complexity index is 275. The van der Waals surface area contributed by atoms with E-state index in [1.54, 1.807) is 7.11 Å². The fourth-order valence-electron chi connectivity index (χ4n) is 1.23. The molecule has 0 aliphatic heterocycles. The van der Waals surface area contributed by atoms with E-state index in [9.17, 15) is 0 Å². The third-order valence-corrected chi connectivity index (χ3v) is 2.80. The molecule has 0 amide bonds. The molecule has 2 N–H and O–H groups in total. The summed E-state index contributed by atoms with van der Waals surface area (Å²) < 4.78 is 9.13. The summed E-state index contributed by atoms with van der Waals surface area (Å²) in [6.07, 6.45) is 0. The zero-order valence-corrected chi connectivity index (χ0v) is 9.67. The smallest absolute Gasteiger partial charge is 0.139 e. The molecule has 0 fully saturated rings. The average molecular weight is 215 g/mol. The van der Waals surface area contributed by atoms with Gasteiger partial charge in [0.1, 0.15) is 10.8 Å². The van der Waals surface area contributed by atoms with Gasteiger partial charge in [-0.1, -0.05) is 0 Å². The van der Waals surface area contributed by atoms with Crippen molar-refractivity contribution in [1.29, 1.82) is 0 Å². The molecule has 0 atom stereocenters. The highest BCUT2D eigenvalue weighted by molar-refractivity contribution is 7.10. The lowest BCUT2D eigenvalue weighted by Gasteiger charge is -2.26. The molecule has 0 spiro atoms. The van der Waals surface area contributed by atoms with E-state index in [-0.39, 0.29) is 0 Å². The summed E-state index contributed by atoms with van der Waals surface area (Å²) in [7, 11) is 1.71. The van der Waals surface area contributed by atoms with Crippen LogP contribution in [0.2, 0.25) is 0 Å². The summed E-state index contributed by atoms with van der Waals surface area (Å²) in [5.41, 5.74) is 5.59. The van der Waals surface area contributed by atoms with Gasteiger partial charge in [-0.2, -0.15) is 4.37 Å². The van der Waals surface area contributed by atoms with E-state index in [4.69, 9.17) is 10.5 Å². The predicted molar refractivity (Wildman–Crippen MR) is 60.9 cm³/mol. The zero-order valence-electron chi connectivity index (χ0n) is 8.86. The molecular formula is C9H17N3OS. The number of methoxy groups -OCH3 is 1. The van der Waals surface area contributed by atoms with Gasteiger partial charge in [-0.25, -0.2) is 0 Å². The van der Waals surface area contributed by atoms with Crippen LogP contribution in [-0.2, 0) is 4.74 Å². The normalized spacial score (nSPS) is 10.9. The van der Waals surface area contributed by atoms with Gasteiger partial charge < -0.3 is 15.4 Å². The molecule has 14 heavy (non-hydrogen) atoms. The summed E-state index contributed by atoms with van der Waals surface area (Å²) in [6.45, 7) is 5.88. The molecule has 0 aliphatic carbocycles. The topological polar surface area (TPSA) is 51.4 Å². The van der Waals surface area contributed by atoms with Crippen LogP contribution in [0.25, 0.3) is 0 Å². The number of nitrogens with two attached hydrogens (primary N) is 1. The Labute approximate surface area is 88.8 Å². The van der Waals surface area contributed by atoms with E-state index < -0.39 is 0 Å². The summed E-state index contributed by atoms with van der Waals surface area (Å²) in [6, 6.07) is 2.34. The first-order chi connectivity index (χ1) is 6.65. The van der Waals surface area contributed by atoms with Gasteiger partial charge in [0.05, 0.1) is 6.61 Å². The van der Waals surface area contributed by atoms with E-state index in [1.165, 1.54) is 11.5 Å². The number of rotatable bonds is 5. The first-order valence-electron chi connectivity index (χ1n) is 4.63. The van der Waals surface area contributed by atoms with Crippen LogP contribution in [0.1, 0.15) is 13.8 Å². The van der Waals surface area contributed by atoms with Crippen molar-refractivity contribution < 1.29 is 4.74 Å². The number of anilines is 2. The maximum absolute atomic E-state index is 5.59. The highest BCUT2D eigenvalue weighted by Crippen LogP contribution is 2.24. The lowest BCUT2D eigenvalue weighted by Crippen LogP contribution is -2.33. The van der Waals surface area contributed by atoms with Crippen molar-refractivity contribution in [3.8, 4) is 0 Å².